The zero-order valence-electron chi connectivity index (χ0n) is 17.5. The maximum atomic E-state index is 13.2. The number of aromatic nitrogens is 4. The summed E-state index contributed by atoms with van der Waals surface area (Å²) >= 11 is 2.58. The highest BCUT2D eigenvalue weighted by molar-refractivity contribution is 7.19. The summed E-state index contributed by atoms with van der Waals surface area (Å²) in [6, 6.07) is 11.4. The molecule has 0 unspecified atom stereocenters. The van der Waals surface area contributed by atoms with Gasteiger partial charge >= 0.3 is 5.76 Å². The number of thiazole rings is 2. The Morgan fingerprint density at radius 1 is 1.12 bits per heavy atom. The Morgan fingerprint density at radius 2 is 1.91 bits per heavy atom. The second-order valence-electron chi connectivity index (χ2n) is 7.52. The highest BCUT2D eigenvalue weighted by Crippen LogP contribution is 2.30. The quantitative estimate of drug-likeness (QED) is 0.347. The maximum absolute atomic E-state index is 13.2. The van der Waals surface area contributed by atoms with Gasteiger partial charge in [-0.1, -0.05) is 17.4 Å². The number of anilines is 1. The van der Waals surface area contributed by atoms with Crippen molar-refractivity contribution in [1.29, 1.82) is 0 Å². The lowest BCUT2D eigenvalue weighted by Crippen LogP contribution is -2.11. The van der Waals surface area contributed by atoms with Gasteiger partial charge in [-0.15, -0.1) is 11.3 Å². The first-order valence-corrected chi connectivity index (χ1v) is 11.8. The number of oxazole rings is 1. The summed E-state index contributed by atoms with van der Waals surface area (Å²) < 4.78 is 20.2. The number of carbonyl (C=O) groups excluding carboxylic acids is 1. The fourth-order valence-electron chi connectivity index (χ4n) is 3.64. The molecule has 4 aromatic heterocycles. The van der Waals surface area contributed by atoms with Gasteiger partial charge in [0.2, 0.25) is 0 Å². The fraction of sp³-hybridized carbons (Fsp3) is 0.0435. The van der Waals surface area contributed by atoms with E-state index >= 15 is 0 Å². The van der Waals surface area contributed by atoms with Crippen LogP contribution in [0.4, 0.5) is 9.52 Å². The Kier molecular flexibility index (Phi) is 4.67. The van der Waals surface area contributed by atoms with Crippen molar-refractivity contribution in [1.82, 2.24) is 19.4 Å². The van der Waals surface area contributed by atoms with Crippen LogP contribution in [0.5, 0.6) is 0 Å². The predicted molar refractivity (Wildman–Crippen MR) is 129 cm³/mol. The SMILES string of the molecule is Cc1c(C(=O)Nc2nc(-c3ccc4[nH]c(=O)oc4c3)cs2)sc2nc(-c3ccc(F)cc3)cn12. The average molecular weight is 492 g/mol. The van der Waals surface area contributed by atoms with Crippen LogP contribution in [0.3, 0.4) is 0 Å². The van der Waals surface area contributed by atoms with Crippen LogP contribution in [-0.4, -0.2) is 25.3 Å². The van der Waals surface area contributed by atoms with Gasteiger partial charge < -0.3 is 4.42 Å². The molecule has 4 heterocycles. The number of nitrogens with one attached hydrogen (secondary N) is 2. The second kappa shape index (κ2) is 7.75. The molecule has 6 aromatic rings. The number of aromatic amines is 1. The van der Waals surface area contributed by atoms with E-state index in [2.05, 4.69) is 20.3 Å². The van der Waals surface area contributed by atoms with E-state index in [4.69, 9.17) is 4.42 Å². The molecule has 0 saturated carbocycles. The monoisotopic (exact) mass is 491 g/mol. The smallest absolute Gasteiger partial charge is 0.408 e. The van der Waals surface area contributed by atoms with Gasteiger partial charge in [-0.2, -0.15) is 0 Å². The molecule has 0 radical (unpaired) electrons. The van der Waals surface area contributed by atoms with E-state index < -0.39 is 5.76 Å². The lowest BCUT2D eigenvalue weighted by molar-refractivity contribution is 0.102. The molecule has 2 aromatic carbocycles. The topological polar surface area (TPSA) is 105 Å². The summed E-state index contributed by atoms with van der Waals surface area (Å²) in [6.45, 7) is 1.85. The highest BCUT2D eigenvalue weighted by atomic mass is 32.1. The van der Waals surface area contributed by atoms with E-state index in [1.165, 1.54) is 34.8 Å². The third kappa shape index (κ3) is 3.51. The van der Waals surface area contributed by atoms with Gasteiger partial charge in [0.15, 0.2) is 15.7 Å². The molecular formula is C23H14FN5O3S2. The minimum Gasteiger partial charge on any atom is -0.408 e. The number of amides is 1. The molecule has 168 valence electrons. The van der Waals surface area contributed by atoms with E-state index in [0.717, 1.165) is 16.8 Å². The van der Waals surface area contributed by atoms with E-state index in [1.54, 1.807) is 24.3 Å². The number of nitrogens with zero attached hydrogens (tertiary/aromatic N) is 3. The van der Waals surface area contributed by atoms with Gasteiger partial charge in [0, 0.05) is 28.4 Å². The van der Waals surface area contributed by atoms with Crippen LogP contribution in [0.2, 0.25) is 0 Å². The number of hydrogen-bond donors (Lipinski definition) is 2. The number of imidazole rings is 1. The van der Waals surface area contributed by atoms with Crippen molar-refractivity contribution < 1.29 is 13.6 Å². The summed E-state index contributed by atoms with van der Waals surface area (Å²) in [5, 5.41) is 5.13. The Morgan fingerprint density at radius 3 is 2.71 bits per heavy atom. The van der Waals surface area contributed by atoms with Gasteiger partial charge in [-0.25, -0.2) is 19.2 Å². The van der Waals surface area contributed by atoms with Crippen LogP contribution in [-0.2, 0) is 0 Å². The van der Waals surface area contributed by atoms with Crippen LogP contribution in [0, 0.1) is 12.7 Å². The van der Waals surface area contributed by atoms with E-state index in [-0.39, 0.29) is 11.7 Å². The maximum Gasteiger partial charge on any atom is 0.417 e. The van der Waals surface area contributed by atoms with Crippen molar-refractivity contribution in [3.8, 4) is 22.5 Å². The van der Waals surface area contributed by atoms with Crippen molar-refractivity contribution in [3.05, 3.63) is 81.0 Å². The van der Waals surface area contributed by atoms with Gasteiger partial charge in [0.25, 0.3) is 5.91 Å². The minimum absolute atomic E-state index is 0.274. The molecule has 34 heavy (non-hydrogen) atoms. The molecule has 8 nitrogen and oxygen atoms in total. The number of H-pyrrole nitrogens is 1. The fourth-order valence-corrected chi connectivity index (χ4v) is 5.36. The number of fused-ring (bicyclic) bond motifs is 2. The lowest BCUT2D eigenvalue weighted by Gasteiger charge is -2.01. The zero-order chi connectivity index (χ0) is 23.4. The molecule has 0 saturated heterocycles. The van der Waals surface area contributed by atoms with Crippen LogP contribution >= 0.6 is 22.7 Å². The first-order valence-electron chi connectivity index (χ1n) is 10.1. The number of halogens is 1. The molecule has 0 spiro atoms. The summed E-state index contributed by atoms with van der Waals surface area (Å²) in [5.41, 5.74) is 4.75. The molecular weight excluding hydrogens is 477 g/mol. The van der Waals surface area contributed by atoms with Crippen molar-refractivity contribution in [2.45, 2.75) is 6.92 Å². The van der Waals surface area contributed by atoms with Gasteiger partial charge in [0.05, 0.1) is 16.9 Å². The van der Waals surface area contributed by atoms with Gasteiger partial charge in [-0.3, -0.25) is 19.5 Å². The second-order valence-corrected chi connectivity index (χ2v) is 9.36. The normalized spacial score (nSPS) is 11.5. The Bertz CT molecular complexity index is 1760. The third-order valence-electron chi connectivity index (χ3n) is 5.34. The summed E-state index contributed by atoms with van der Waals surface area (Å²) in [6.07, 6.45) is 1.84. The van der Waals surface area contributed by atoms with Crippen molar-refractivity contribution >= 4 is 49.8 Å². The molecule has 1 amide bonds. The number of benzene rings is 2. The highest BCUT2D eigenvalue weighted by Gasteiger charge is 2.19. The van der Waals surface area contributed by atoms with Crippen LogP contribution in [0.15, 0.2) is 63.3 Å². The molecule has 0 aliphatic carbocycles. The number of carbonyl (C=O) groups is 1. The van der Waals surface area contributed by atoms with Crippen LogP contribution < -0.4 is 11.1 Å². The molecule has 0 bridgehead atoms. The minimum atomic E-state index is -0.513. The van der Waals surface area contributed by atoms with Gasteiger partial charge in [0.1, 0.15) is 10.7 Å². The average Bonchev–Trinajstić information content (AvgIpc) is 3.58. The molecule has 0 aliphatic rings. The third-order valence-corrected chi connectivity index (χ3v) is 7.26. The summed E-state index contributed by atoms with van der Waals surface area (Å²) in [7, 11) is 0. The molecule has 0 aliphatic heterocycles. The van der Waals surface area contributed by atoms with Crippen molar-refractivity contribution in [2.75, 3.05) is 5.32 Å². The van der Waals surface area contributed by atoms with Crippen LogP contribution in [0.1, 0.15) is 15.4 Å². The first-order chi connectivity index (χ1) is 16.4. The molecule has 0 fully saturated rings. The Hall–Kier alpha value is -4.09. The lowest BCUT2D eigenvalue weighted by atomic mass is 10.1. The number of aryl methyl sites for hydroxylation is 1. The van der Waals surface area contributed by atoms with Crippen molar-refractivity contribution in [3.63, 3.8) is 0 Å². The van der Waals surface area contributed by atoms with Crippen molar-refractivity contribution in [2.24, 2.45) is 0 Å². The first kappa shape index (κ1) is 20.5. The van der Waals surface area contributed by atoms with Gasteiger partial charge in [-0.05, 0) is 43.3 Å². The Labute approximate surface area is 198 Å². The molecule has 6 rings (SSSR count). The molecule has 11 heteroatoms. The largest absolute Gasteiger partial charge is 0.417 e. The predicted octanol–water partition coefficient (Wildman–Crippen LogP) is 5.32. The summed E-state index contributed by atoms with van der Waals surface area (Å²) in [5.74, 6) is -1.09. The van der Waals surface area contributed by atoms with Crippen LogP contribution in [0.25, 0.3) is 38.6 Å². The van der Waals surface area contributed by atoms with E-state index in [1.807, 2.05) is 29.0 Å². The molecule has 0 atom stereocenters. The Balaban J connectivity index is 1.24. The number of rotatable bonds is 4. The zero-order valence-corrected chi connectivity index (χ0v) is 19.1. The van der Waals surface area contributed by atoms with E-state index in [0.29, 0.717) is 37.5 Å². The molecule has 2 N–H and O–H groups in total. The summed E-state index contributed by atoms with van der Waals surface area (Å²) in [4.78, 5) is 37.2. The number of hydrogen-bond acceptors (Lipinski definition) is 7. The van der Waals surface area contributed by atoms with E-state index in [9.17, 15) is 14.0 Å². The standard InChI is InChI=1S/C23H14FN5O3S2/c1-11-19(34-22-26-16(9-29(11)22)12-2-5-14(24)6-3-12)20(30)28-21-25-17(10-33-21)13-4-7-15-18(8-13)32-23(31)27-15/h2-10H,1H3,(H,27,31)(H,25,28,30).